The van der Waals surface area contributed by atoms with Crippen molar-refractivity contribution in [3.05, 3.63) is 48.5 Å². The van der Waals surface area contributed by atoms with Crippen molar-refractivity contribution in [2.75, 3.05) is 44.9 Å². The number of nitrogen functional groups attached to an aromatic ring is 1. The number of carbonyl (C=O) groups is 4. The molecule has 0 saturated carbocycles. The number of nitrogens with one attached hydrogen (secondary N) is 3. The number of imidazole rings is 1. The fourth-order valence-electron chi connectivity index (χ4n) is 6.51. The van der Waals surface area contributed by atoms with Gasteiger partial charge in [-0.15, -0.1) is 0 Å². The number of aliphatic carboxylic acids is 2. The lowest BCUT2D eigenvalue weighted by Gasteiger charge is -2.33. The smallest absolute Gasteiger partial charge is 0.338 e. The van der Waals surface area contributed by atoms with Crippen molar-refractivity contribution in [3.63, 3.8) is 0 Å². The van der Waals surface area contributed by atoms with Gasteiger partial charge in [0.25, 0.3) is 0 Å². The number of phosphoric acid groups is 1. The lowest BCUT2D eigenvalue weighted by Crippen LogP contribution is -2.78. The molecule has 8 unspecified atom stereocenters. The van der Waals surface area contributed by atoms with Gasteiger partial charge in [0.05, 0.1) is 51.4 Å². The van der Waals surface area contributed by atoms with Crippen LogP contribution in [0.25, 0.3) is 11.2 Å². The summed E-state index contributed by atoms with van der Waals surface area (Å²) in [6.45, 7) is 5.37. The molecule has 33 heteroatoms. The van der Waals surface area contributed by atoms with Crippen LogP contribution < -0.4 is 64.3 Å². The summed E-state index contributed by atoms with van der Waals surface area (Å²) in [5, 5.41) is 83.1. The number of carboxylic acids is 2. The number of likely N-dealkylation sites (N-methyl/N-ethyl adjacent to an activating group) is 1. The zero-order valence-electron chi connectivity index (χ0n) is 41.8. The molecule has 12 atom stereocenters. The lowest BCUT2D eigenvalue weighted by molar-refractivity contribution is -0.464. The van der Waals surface area contributed by atoms with Crippen molar-refractivity contribution in [1.82, 2.24) is 30.2 Å². The number of phosphoric ester groups is 1. The number of thiol groups is 1. The van der Waals surface area contributed by atoms with Crippen LogP contribution in [0.2, 0.25) is 0 Å². The maximum absolute atomic E-state index is 11.5. The second kappa shape index (κ2) is 33.7. The summed E-state index contributed by atoms with van der Waals surface area (Å²) in [6.07, 6.45) is -3.80. The van der Waals surface area contributed by atoms with Crippen molar-refractivity contribution < 1.29 is 110 Å². The zero-order chi connectivity index (χ0) is 57.2. The summed E-state index contributed by atoms with van der Waals surface area (Å²) in [6, 6.07) is 7.55. The van der Waals surface area contributed by atoms with Crippen LogP contribution in [0.15, 0.2) is 43.0 Å². The highest BCUT2D eigenvalue weighted by atomic mass is 32.1. The second-order valence-electron chi connectivity index (χ2n) is 16.6. The maximum Gasteiger partial charge on any atom is 0.338 e. The number of aliphatic hydroxyl groups is 6. The Balaban J connectivity index is 0.000000478. The van der Waals surface area contributed by atoms with Crippen LogP contribution in [0.4, 0.5) is 5.82 Å². The van der Waals surface area contributed by atoms with E-state index in [-0.39, 0.29) is 30.3 Å². The predicted octanol–water partition coefficient (Wildman–Crippen LogP) is -11.4. The third kappa shape index (κ3) is 23.3. The lowest BCUT2D eigenvalue weighted by atomic mass is 10.0. The molecular weight excluding hydrogens is 1040 g/mol. The summed E-state index contributed by atoms with van der Waals surface area (Å²) in [4.78, 5) is 79.0. The van der Waals surface area contributed by atoms with Gasteiger partial charge in [0.15, 0.2) is 17.7 Å². The Morgan fingerprint density at radius 1 is 1.00 bits per heavy atom. The molecule has 2 aliphatic rings. The Hall–Kier alpha value is -5.26. The first-order chi connectivity index (χ1) is 35.1. The predicted molar refractivity (Wildman–Crippen MR) is 256 cm³/mol. The number of methoxy groups -OCH3 is 1. The molecule has 0 bridgehead atoms. The summed E-state index contributed by atoms with van der Waals surface area (Å²) in [5.74, 6) is -4.92. The number of ether oxygens (including phenoxy) is 3. The molecule has 2 aromatic heterocycles. The average Bonchev–Trinajstić information content (AvgIpc) is 3.99. The highest BCUT2D eigenvalue weighted by Gasteiger charge is 2.53. The van der Waals surface area contributed by atoms with E-state index in [0.717, 1.165) is 19.4 Å². The molecule has 0 radical (unpaired) electrons. The molecule has 3 aromatic rings. The minimum atomic E-state index is -5.27. The van der Waals surface area contributed by atoms with E-state index in [1.807, 2.05) is 6.07 Å². The van der Waals surface area contributed by atoms with E-state index in [9.17, 15) is 69.3 Å². The van der Waals surface area contributed by atoms with Crippen molar-refractivity contribution in [2.45, 2.75) is 126 Å². The summed E-state index contributed by atoms with van der Waals surface area (Å²) >= 11 is 3.97. The molecule has 1 aromatic carbocycles. The van der Waals surface area contributed by atoms with E-state index in [0.29, 0.717) is 41.7 Å². The second-order valence-corrected chi connectivity index (χ2v) is 18.1. The number of nitrogens with zero attached hydrogens (tertiary/aromatic N) is 4. The third-order valence-corrected chi connectivity index (χ3v) is 11.3. The van der Waals surface area contributed by atoms with Crippen LogP contribution in [-0.2, 0) is 42.5 Å². The molecule has 21 N–H and O–H groups in total. The number of carboxylic acid groups (broad SMARTS) is 2. The van der Waals surface area contributed by atoms with E-state index < -0.39 is 106 Å². The number of benzene rings is 1. The SMILES string of the molecule is CC([NH3+])CCC[NH+]=C(N)N.CCNC(=O)C(CS)NC(=O)CCC([NH3+])C(=O)[O-].CC[C@@H]1O[C@](O)(COP(=O)([O-])[O-])C(O)C1O.COC(C(=O)[O-])c1ccccc1.Nc1ncnc2c1ncn2[C@@H]1O[C@H](CO)C(O)C1O. The Morgan fingerprint density at radius 2 is 1.64 bits per heavy atom. The van der Waals surface area contributed by atoms with Gasteiger partial charge < -0.3 is 111 Å². The van der Waals surface area contributed by atoms with Crippen molar-refractivity contribution in [3.8, 4) is 0 Å². The Morgan fingerprint density at radius 3 is 2.12 bits per heavy atom. The van der Waals surface area contributed by atoms with Gasteiger partial charge in [-0.3, -0.25) is 30.6 Å². The van der Waals surface area contributed by atoms with E-state index >= 15 is 0 Å². The molecular formula is C42H72N12O19PS-. The molecule has 4 heterocycles. The molecule has 31 nitrogen and oxygen atoms in total. The number of guanidine groups is 1. The first kappa shape index (κ1) is 67.8. The molecule has 2 amide bonds. The van der Waals surface area contributed by atoms with Crippen LogP contribution in [-0.4, -0.2) is 180 Å². The van der Waals surface area contributed by atoms with Gasteiger partial charge in [-0.1, -0.05) is 37.3 Å². The van der Waals surface area contributed by atoms with Crippen molar-refractivity contribution >= 4 is 67.1 Å². The number of hydrogen-bond acceptors (Lipinski definition) is 24. The number of nitrogens with two attached hydrogens (primary N) is 3. The van der Waals surface area contributed by atoms with Crippen LogP contribution in [0.3, 0.4) is 0 Å². The maximum atomic E-state index is 11.5. The van der Waals surface area contributed by atoms with Crippen LogP contribution in [0.1, 0.15) is 70.8 Å². The fraction of sp³-hybridized carbons (Fsp3) is 0.619. The van der Waals surface area contributed by atoms with Crippen molar-refractivity contribution in [1.29, 1.82) is 0 Å². The topological polar surface area (TPSA) is 551 Å². The molecule has 2 saturated heterocycles. The number of carbonyl (C=O) groups excluding carboxylic acids is 4. The van der Waals surface area contributed by atoms with Crippen LogP contribution >= 0.6 is 20.5 Å². The Kier molecular flexibility index (Phi) is 30.4. The molecule has 0 aliphatic carbocycles. The number of aromatic nitrogens is 4. The van der Waals surface area contributed by atoms with Gasteiger partial charge in [-0.05, 0) is 32.3 Å². The molecule has 0 spiro atoms. The monoisotopic (exact) mass is 1110 g/mol. The normalized spacial score (nSPS) is 23.4. The van der Waals surface area contributed by atoms with Gasteiger partial charge in [0.2, 0.25) is 17.6 Å². The van der Waals surface area contributed by atoms with Crippen LogP contribution in [0.5, 0.6) is 0 Å². The average molecular weight is 1110 g/mol. The number of quaternary nitrogens is 2. The molecule has 2 aliphatic heterocycles. The summed E-state index contributed by atoms with van der Waals surface area (Å²) in [7, 11) is -3.93. The number of fused-ring (bicyclic) bond motifs is 1. The van der Waals surface area contributed by atoms with E-state index in [2.05, 4.69) is 66.1 Å². The number of rotatable bonds is 21. The summed E-state index contributed by atoms with van der Waals surface area (Å²) < 4.78 is 30.5. The third-order valence-electron chi connectivity index (χ3n) is 10.5. The molecule has 75 heavy (non-hydrogen) atoms. The molecule has 426 valence electrons. The van der Waals surface area contributed by atoms with Gasteiger partial charge in [0, 0.05) is 38.7 Å². The number of hydrogen-bond donors (Lipinski definition) is 15. The zero-order valence-corrected chi connectivity index (χ0v) is 43.6. The molecule has 2 fully saturated rings. The number of aliphatic hydroxyl groups excluding tert-OH is 5. The minimum absolute atomic E-state index is 0.0220. The Labute approximate surface area is 436 Å². The van der Waals surface area contributed by atoms with E-state index in [1.165, 1.54) is 24.3 Å². The van der Waals surface area contributed by atoms with Crippen LogP contribution in [0, 0.1) is 0 Å². The van der Waals surface area contributed by atoms with E-state index in [1.54, 1.807) is 38.1 Å². The highest BCUT2D eigenvalue weighted by Crippen LogP contribution is 2.35. The largest absolute Gasteiger partial charge is 0.790 e. The standard InChI is InChI=1S/C10H13N5O4.C10H19N3O4S.C9H10O3.C7H15O8P.C6H16N4/c11-8-5-9(13-2-12-8)15(3-14-5)10-7(18)6(17)4(1-16)19-10;1-2-12-9(15)7(5-18)13-8(14)4-3-6(11)10(16)17;1-12-8(9(10)11)7-5-3-2-4-6-7;1-2-4-5(8)6(9)7(10,15-4)3-14-16(11,12)13;1-5(7)3-2-4-10-6(8)9/h2-4,6-7,10,16-18H,1H2,(H2,11,12,13);6-7,18H,2-5,11H2,1H3,(H,12,15)(H,13,14)(H,16,17);2-6,8H,1H3,(H,10,11);4-6,8-10H,2-3H2,1H3,(H2,11,12,13);5H,2-4,7H2,1H3,(H4,8,9,10)/p-1/t4-,6?,7?,10-;;;4-,5?,6?,7+;/m1..0./s1. The first-order valence-corrected chi connectivity index (χ1v) is 25.2. The number of amides is 2. The van der Waals surface area contributed by atoms with Gasteiger partial charge in [-0.25, -0.2) is 15.0 Å². The van der Waals surface area contributed by atoms with Crippen molar-refractivity contribution in [2.24, 2.45) is 11.5 Å². The quantitative estimate of drug-likeness (QED) is 0.0155. The Bertz CT molecular complexity index is 2270. The van der Waals surface area contributed by atoms with Gasteiger partial charge in [-0.2, -0.15) is 12.6 Å². The number of anilines is 1. The molecule has 5 rings (SSSR count). The highest BCUT2D eigenvalue weighted by molar-refractivity contribution is 7.80. The summed E-state index contributed by atoms with van der Waals surface area (Å²) in [5.41, 5.74) is 24.6. The minimum Gasteiger partial charge on any atom is -0.790 e. The first-order valence-electron chi connectivity index (χ1n) is 23.1. The fourth-order valence-corrected chi connectivity index (χ4v) is 7.11. The van der Waals surface area contributed by atoms with Gasteiger partial charge >= 0.3 is 5.96 Å². The van der Waals surface area contributed by atoms with E-state index in [4.69, 9.17) is 36.5 Å². The van der Waals surface area contributed by atoms with Gasteiger partial charge in [0.1, 0.15) is 67.2 Å².